The molecule has 4 saturated carbocycles. The lowest BCUT2D eigenvalue weighted by Gasteiger charge is -2.62. The maximum Gasteiger partial charge on any atom is 0.397 e. The third kappa shape index (κ3) is 4.13. The van der Waals surface area contributed by atoms with Crippen LogP contribution in [0.1, 0.15) is 71.6 Å². The molecule has 0 aromatic heterocycles. The lowest BCUT2D eigenvalue weighted by atomic mass is 9.44. The van der Waals surface area contributed by atoms with Crippen molar-refractivity contribution >= 4 is 20.8 Å². The average molecular weight is 453 g/mol. The lowest BCUT2D eigenvalue weighted by molar-refractivity contribution is -0.160. The van der Waals surface area contributed by atoms with Gasteiger partial charge in [-0.05, 0) is 85.9 Å². The molecule has 0 heterocycles. The van der Waals surface area contributed by atoms with Gasteiger partial charge in [-0.2, -0.15) is 16.8 Å². The Hall–Kier alpha value is -0.260. The van der Waals surface area contributed by atoms with Gasteiger partial charge in [-0.25, -0.2) is 8.37 Å². The van der Waals surface area contributed by atoms with Crippen LogP contribution in [0.25, 0.3) is 0 Å². The van der Waals surface area contributed by atoms with Crippen LogP contribution in [-0.4, -0.2) is 38.1 Å². The van der Waals surface area contributed by atoms with Crippen LogP contribution in [0.15, 0.2) is 0 Å². The third-order valence-corrected chi connectivity index (χ3v) is 9.90. The van der Waals surface area contributed by atoms with Gasteiger partial charge in [0, 0.05) is 0 Å². The van der Waals surface area contributed by atoms with E-state index in [1.807, 2.05) is 0 Å². The Balaban J connectivity index is 1.66. The molecule has 0 spiro atoms. The molecule has 8 atom stereocenters. The van der Waals surface area contributed by atoms with Crippen molar-refractivity contribution in [1.29, 1.82) is 0 Å². The summed E-state index contributed by atoms with van der Waals surface area (Å²) in [6.07, 6.45) is 6.36. The second-order valence-electron chi connectivity index (χ2n) is 10.3. The molecule has 3 unspecified atom stereocenters. The van der Waals surface area contributed by atoms with Crippen LogP contribution in [0.4, 0.5) is 0 Å². The first-order valence-corrected chi connectivity index (χ1v) is 13.4. The second-order valence-corrected chi connectivity index (χ2v) is 12.4. The van der Waals surface area contributed by atoms with Crippen molar-refractivity contribution < 1.29 is 34.3 Å². The van der Waals surface area contributed by atoms with E-state index in [4.69, 9.17) is 12.9 Å². The molecule has 0 aromatic rings. The first-order chi connectivity index (χ1) is 13.3. The van der Waals surface area contributed by atoms with E-state index in [1.54, 1.807) is 0 Å². The molecule has 0 amide bonds. The Morgan fingerprint density at radius 2 is 1.52 bits per heavy atom. The number of hydrogen-bond acceptors (Lipinski definition) is 6. The van der Waals surface area contributed by atoms with Gasteiger partial charge in [0.15, 0.2) is 0 Å². The van der Waals surface area contributed by atoms with E-state index in [0.717, 1.165) is 38.5 Å². The fourth-order valence-electron chi connectivity index (χ4n) is 7.66. The highest BCUT2D eigenvalue weighted by Gasteiger charge is 2.61. The van der Waals surface area contributed by atoms with Crippen LogP contribution in [0.2, 0.25) is 0 Å². The van der Waals surface area contributed by atoms with E-state index in [2.05, 4.69) is 13.8 Å². The summed E-state index contributed by atoms with van der Waals surface area (Å²) in [5, 5.41) is 0. The first-order valence-electron chi connectivity index (χ1n) is 10.6. The maximum absolute atomic E-state index is 11.6. The summed E-state index contributed by atoms with van der Waals surface area (Å²) in [5.74, 6) is 0.702. The normalized spacial score (nSPS) is 47.9. The van der Waals surface area contributed by atoms with Gasteiger partial charge < -0.3 is 0 Å². The highest BCUT2D eigenvalue weighted by molar-refractivity contribution is 7.81. The van der Waals surface area contributed by atoms with Gasteiger partial charge >= 0.3 is 20.8 Å². The second kappa shape index (κ2) is 7.13. The van der Waals surface area contributed by atoms with Crippen molar-refractivity contribution in [2.75, 3.05) is 0 Å². The van der Waals surface area contributed by atoms with Crippen molar-refractivity contribution in [2.24, 2.45) is 34.5 Å². The molecule has 0 aliphatic heterocycles. The fourth-order valence-corrected chi connectivity index (χ4v) is 8.70. The molecule has 0 radical (unpaired) electrons. The molecule has 0 bridgehead atoms. The largest absolute Gasteiger partial charge is 0.397 e. The third-order valence-electron chi connectivity index (χ3n) is 8.89. The lowest BCUT2D eigenvalue weighted by Crippen LogP contribution is -2.58. The molecule has 0 saturated heterocycles. The zero-order chi connectivity index (χ0) is 21.2. The minimum Gasteiger partial charge on any atom is -0.264 e. The molecule has 10 heteroatoms. The van der Waals surface area contributed by atoms with E-state index in [9.17, 15) is 21.4 Å². The van der Waals surface area contributed by atoms with E-state index in [-0.39, 0.29) is 28.6 Å². The number of hydrogen-bond donors (Lipinski definition) is 2. The molecule has 29 heavy (non-hydrogen) atoms. The summed E-state index contributed by atoms with van der Waals surface area (Å²) in [7, 11) is -9.12. The maximum atomic E-state index is 11.6. The standard InChI is InChI=1S/C19H32O8S2/c1-18-7-3-4-14(18)17-15(6-8-18)19(2)9-5-13(26-28(20,21)22)10-12(19)11-16(17)27-29(23,24)25/h12-17H,3-11H2,1-2H3,(H,20,21,22)(H,23,24,25)/t12?,13?,14-,15-,16?,17-,18-,19-/m0/s1. The van der Waals surface area contributed by atoms with Crippen LogP contribution in [-0.2, 0) is 29.2 Å². The molecule has 4 aliphatic carbocycles. The van der Waals surface area contributed by atoms with Crippen molar-refractivity contribution in [3.63, 3.8) is 0 Å². The van der Waals surface area contributed by atoms with Crippen molar-refractivity contribution in [3.05, 3.63) is 0 Å². The van der Waals surface area contributed by atoms with Gasteiger partial charge in [-0.1, -0.05) is 20.3 Å². The molecule has 0 aromatic carbocycles. The Labute approximate surface area is 173 Å². The summed E-state index contributed by atoms with van der Waals surface area (Å²) in [6, 6.07) is 0. The Morgan fingerprint density at radius 3 is 2.17 bits per heavy atom. The summed E-state index contributed by atoms with van der Waals surface area (Å²) < 4.78 is 74.2. The summed E-state index contributed by atoms with van der Waals surface area (Å²) in [4.78, 5) is 0. The molecule has 4 fully saturated rings. The molecule has 2 N–H and O–H groups in total. The predicted molar refractivity (Wildman–Crippen MR) is 105 cm³/mol. The van der Waals surface area contributed by atoms with E-state index < -0.39 is 33.0 Å². The van der Waals surface area contributed by atoms with Gasteiger partial charge in [-0.3, -0.25) is 9.11 Å². The molecular formula is C19H32O8S2. The van der Waals surface area contributed by atoms with Gasteiger partial charge in [0.2, 0.25) is 0 Å². The predicted octanol–water partition coefficient (Wildman–Crippen LogP) is 3.41. The number of fused-ring (bicyclic) bond motifs is 5. The van der Waals surface area contributed by atoms with E-state index >= 15 is 0 Å². The van der Waals surface area contributed by atoms with Crippen LogP contribution in [0, 0.1) is 34.5 Å². The highest BCUT2D eigenvalue weighted by atomic mass is 32.3. The van der Waals surface area contributed by atoms with E-state index in [1.165, 1.54) is 0 Å². The molecule has 4 aliphatic rings. The molecule has 4 rings (SSSR count). The summed E-state index contributed by atoms with van der Waals surface area (Å²) >= 11 is 0. The zero-order valence-corrected chi connectivity index (χ0v) is 18.6. The summed E-state index contributed by atoms with van der Waals surface area (Å²) in [5.41, 5.74) is 0.128. The summed E-state index contributed by atoms with van der Waals surface area (Å²) in [6.45, 7) is 4.54. The van der Waals surface area contributed by atoms with Gasteiger partial charge in [-0.15, -0.1) is 0 Å². The Kier molecular flexibility index (Phi) is 5.40. The minimum absolute atomic E-state index is 0.00163. The molecule has 168 valence electrons. The quantitative estimate of drug-likeness (QED) is 0.621. The number of rotatable bonds is 4. The minimum atomic E-state index is -4.59. The Morgan fingerprint density at radius 1 is 0.828 bits per heavy atom. The van der Waals surface area contributed by atoms with Crippen molar-refractivity contribution in [3.8, 4) is 0 Å². The Bertz CT molecular complexity index is 855. The fraction of sp³-hybridized carbons (Fsp3) is 1.00. The molecule has 8 nitrogen and oxygen atoms in total. The monoisotopic (exact) mass is 452 g/mol. The van der Waals surface area contributed by atoms with E-state index in [0.29, 0.717) is 25.2 Å². The zero-order valence-electron chi connectivity index (χ0n) is 17.0. The smallest absolute Gasteiger partial charge is 0.264 e. The van der Waals surface area contributed by atoms with Crippen LogP contribution >= 0.6 is 0 Å². The highest BCUT2D eigenvalue weighted by Crippen LogP contribution is 2.66. The van der Waals surface area contributed by atoms with Crippen molar-refractivity contribution in [2.45, 2.75) is 83.8 Å². The van der Waals surface area contributed by atoms with Gasteiger partial charge in [0.1, 0.15) is 0 Å². The average Bonchev–Trinajstić information content (AvgIpc) is 2.95. The molecular weight excluding hydrogens is 420 g/mol. The van der Waals surface area contributed by atoms with Gasteiger partial charge in [0.25, 0.3) is 0 Å². The SMILES string of the molecule is C[C@@]12CCC[C@H]1[C@@H]1C(OS(=O)(=O)O)CC3CC(OS(=O)(=O)O)CC[C@]3(C)[C@H]1CC2. The van der Waals surface area contributed by atoms with Gasteiger partial charge in [0.05, 0.1) is 12.2 Å². The van der Waals surface area contributed by atoms with Crippen LogP contribution < -0.4 is 0 Å². The van der Waals surface area contributed by atoms with Crippen LogP contribution in [0.5, 0.6) is 0 Å². The van der Waals surface area contributed by atoms with Crippen molar-refractivity contribution in [1.82, 2.24) is 0 Å². The topological polar surface area (TPSA) is 127 Å². The first kappa shape index (κ1) is 22.0. The van der Waals surface area contributed by atoms with Crippen LogP contribution in [0.3, 0.4) is 0 Å².